The summed E-state index contributed by atoms with van der Waals surface area (Å²) in [5.74, 6) is 0.0648. The van der Waals surface area contributed by atoms with Crippen LogP contribution in [-0.2, 0) is 16.4 Å². The zero-order valence-corrected chi connectivity index (χ0v) is 15.5. The molecule has 0 saturated carbocycles. The van der Waals surface area contributed by atoms with Gasteiger partial charge in [-0.15, -0.1) is 11.3 Å². The van der Waals surface area contributed by atoms with Crippen LogP contribution in [0.1, 0.15) is 48.6 Å². The van der Waals surface area contributed by atoms with Crippen LogP contribution in [0.2, 0.25) is 0 Å². The minimum atomic E-state index is -3.28. The van der Waals surface area contributed by atoms with Gasteiger partial charge < -0.3 is 4.90 Å². The summed E-state index contributed by atoms with van der Waals surface area (Å²) in [6.45, 7) is 5.15. The highest BCUT2D eigenvalue weighted by Crippen LogP contribution is 2.24. The normalized spacial score (nSPS) is 21.8. The van der Waals surface area contributed by atoms with Gasteiger partial charge in [0.15, 0.2) is 0 Å². The highest BCUT2D eigenvalue weighted by Gasteiger charge is 2.36. The number of carbonyl (C=O) groups is 1. The van der Waals surface area contributed by atoms with E-state index in [4.69, 9.17) is 0 Å². The minimum Gasteiger partial charge on any atom is -0.335 e. The van der Waals surface area contributed by atoms with Crippen LogP contribution in [0, 0.1) is 5.92 Å². The zero-order valence-electron chi connectivity index (χ0n) is 13.9. The van der Waals surface area contributed by atoms with E-state index in [0.717, 1.165) is 36.9 Å². The van der Waals surface area contributed by atoms with E-state index in [9.17, 15) is 13.2 Å². The lowest BCUT2D eigenvalue weighted by atomic mass is 9.99. The Morgan fingerprint density at radius 2 is 2.13 bits per heavy atom. The summed E-state index contributed by atoms with van der Waals surface area (Å²) in [5, 5.41) is 2.78. The first kappa shape index (κ1) is 18.4. The van der Waals surface area contributed by atoms with Gasteiger partial charge in [0.2, 0.25) is 10.0 Å². The van der Waals surface area contributed by atoms with Crippen molar-refractivity contribution in [1.82, 2.24) is 14.6 Å². The number of likely N-dealkylation sites (tertiary alicyclic amines) is 1. The number of sulfonamides is 1. The summed E-state index contributed by atoms with van der Waals surface area (Å²) in [7, 11) is -3.28. The Morgan fingerprint density at radius 3 is 2.74 bits per heavy atom. The first-order chi connectivity index (χ1) is 10.8. The molecule has 130 valence electrons. The molecule has 8 heteroatoms. The molecule has 6 nitrogen and oxygen atoms in total. The third-order valence-corrected chi connectivity index (χ3v) is 5.63. The average Bonchev–Trinajstić information content (AvgIpc) is 3.05. The second kappa shape index (κ2) is 7.72. The molecule has 1 aliphatic rings. The number of carbonyl (C=O) groups excluding carboxylic acids is 1. The summed E-state index contributed by atoms with van der Waals surface area (Å²) in [5.41, 5.74) is 0.480. The Kier molecular flexibility index (Phi) is 6.16. The number of hydrogen-bond donors (Lipinski definition) is 1. The van der Waals surface area contributed by atoms with Gasteiger partial charge in [-0.25, -0.2) is 18.1 Å². The third-order valence-electron chi connectivity index (χ3n) is 3.99. The third kappa shape index (κ3) is 4.99. The SMILES string of the molecule is CCCc1nc(C(=O)N2C[C@@H](CCC)[C@H](NS(C)(=O)=O)C2)cs1. The molecule has 2 heterocycles. The topological polar surface area (TPSA) is 79.4 Å². The van der Waals surface area contributed by atoms with Crippen molar-refractivity contribution >= 4 is 27.3 Å². The molecule has 1 aromatic heterocycles. The summed E-state index contributed by atoms with van der Waals surface area (Å²) in [6.07, 6.45) is 4.91. The molecular formula is C15H25N3O3S2. The lowest BCUT2D eigenvalue weighted by Gasteiger charge is -2.17. The van der Waals surface area contributed by atoms with Crippen molar-refractivity contribution in [2.45, 2.75) is 45.6 Å². The highest BCUT2D eigenvalue weighted by atomic mass is 32.2. The van der Waals surface area contributed by atoms with E-state index in [1.54, 1.807) is 10.3 Å². The molecule has 1 aromatic rings. The summed E-state index contributed by atoms with van der Waals surface area (Å²) >= 11 is 1.51. The summed E-state index contributed by atoms with van der Waals surface area (Å²) in [6, 6.07) is -0.206. The maximum atomic E-state index is 12.6. The zero-order chi connectivity index (χ0) is 17.0. The van der Waals surface area contributed by atoms with Crippen LogP contribution >= 0.6 is 11.3 Å². The van der Waals surface area contributed by atoms with Crippen LogP contribution in [0.5, 0.6) is 0 Å². The molecule has 0 unspecified atom stereocenters. The number of amides is 1. The second-order valence-corrected chi connectivity index (χ2v) is 8.85. The van der Waals surface area contributed by atoms with Crippen molar-refractivity contribution in [3.63, 3.8) is 0 Å². The van der Waals surface area contributed by atoms with Crippen molar-refractivity contribution in [2.75, 3.05) is 19.3 Å². The predicted molar refractivity (Wildman–Crippen MR) is 92.2 cm³/mol. The lowest BCUT2D eigenvalue weighted by Crippen LogP contribution is -2.40. The molecule has 1 saturated heterocycles. The van der Waals surface area contributed by atoms with E-state index in [2.05, 4.69) is 23.6 Å². The first-order valence-corrected chi connectivity index (χ1v) is 10.8. The van der Waals surface area contributed by atoms with Crippen LogP contribution in [0.4, 0.5) is 0 Å². The van der Waals surface area contributed by atoms with E-state index in [1.165, 1.54) is 11.3 Å². The quantitative estimate of drug-likeness (QED) is 0.806. The Hall–Kier alpha value is -0.990. The van der Waals surface area contributed by atoms with Crippen LogP contribution < -0.4 is 4.72 Å². The van der Waals surface area contributed by atoms with Crippen molar-refractivity contribution in [1.29, 1.82) is 0 Å². The van der Waals surface area contributed by atoms with E-state index in [-0.39, 0.29) is 17.9 Å². The van der Waals surface area contributed by atoms with E-state index >= 15 is 0 Å². The van der Waals surface area contributed by atoms with Gasteiger partial charge in [0.05, 0.1) is 11.3 Å². The number of aryl methyl sites for hydroxylation is 1. The Labute approximate surface area is 142 Å². The lowest BCUT2D eigenvalue weighted by molar-refractivity contribution is 0.0780. The Morgan fingerprint density at radius 1 is 1.39 bits per heavy atom. The molecule has 1 N–H and O–H groups in total. The maximum Gasteiger partial charge on any atom is 0.273 e. The largest absolute Gasteiger partial charge is 0.335 e. The van der Waals surface area contributed by atoms with Gasteiger partial charge in [-0.3, -0.25) is 4.79 Å². The fraction of sp³-hybridized carbons (Fsp3) is 0.733. The second-order valence-electron chi connectivity index (χ2n) is 6.13. The molecule has 0 spiro atoms. The number of rotatable bonds is 7. The fourth-order valence-electron chi connectivity index (χ4n) is 3.01. The van der Waals surface area contributed by atoms with Crippen LogP contribution in [0.25, 0.3) is 0 Å². The van der Waals surface area contributed by atoms with E-state index < -0.39 is 10.0 Å². The maximum absolute atomic E-state index is 12.6. The standard InChI is InChI=1S/C15H25N3O3S2/c1-4-6-11-8-18(9-12(11)17-23(3,20)21)15(19)13-10-22-14(16-13)7-5-2/h10-12,17H,4-9H2,1-3H3/t11-,12-/m1/s1. The summed E-state index contributed by atoms with van der Waals surface area (Å²) < 4.78 is 25.7. The van der Waals surface area contributed by atoms with Crippen molar-refractivity contribution < 1.29 is 13.2 Å². The average molecular weight is 360 g/mol. The van der Waals surface area contributed by atoms with E-state index in [1.807, 2.05) is 0 Å². The molecule has 1 aliphatic heterocycles. The van der Waals surface area contributed by atoms with Gasteiger partial charge in [-0.2, -0.15) is 0 Å². The Balaban J connectivity index is 2.08. The molecule has 1 amide bonds. The van der Waals surface area contributed by atoms with Crippen LogP contribution in [0.3, 0.4) is 0 Å². The van der Waals surface area contributed by atoms with Gasteiger partial charge in [0, 0.05) is 24.5 Å². The minimum absolute atomic E-state index is 0.0949. The van der Waals surface area contributed by atoms with Gasteiger partial charge in [0.1, 0.15) is 5.69 Å². The number of thiazole rings is 1. The van der Waals surface area contributed by atoms with Gasteiger partial charge in [-0.1, -0.05) is 20.3 Å². The van der Waals surface area contributed by atoms with Crippen LogP contribution in [-0.4, -0.2) is 49.6 Å². The highest BCUT2D eigenvalue weighted by molar-refractivity contribution is 7.88. The van der Waals surface area contributed by atoms with Crippen LogP contribution in [0.15, 0.2) is 5.38 Å². The predicted octanol–water partition coefficient (Wildman–Crippen LogP) is 1.89. The van der Waals surface area contributed by atoms with E-state index in [0.29, 0.717) is 18.8 Å². The van der Waals surface area contributed by atoms with Crippen molar-refractivity contribution in [3.05, 3.63) is 16.1 Å². The molecule has 2 rings (SSSR count). The first-order valence-electron chi connectivity index (χ1n) is 8.05. The molecule has 0 radical (unpaired) electrons. The van der Waals surface area contributed by atoms with Gasteiger partial charge >= 0.3 is 0 Å². The monoisotopic (exact) mass is 359 g/mol. The van der Waals surface area contributed by atoms with Crippen molar-refractivity contribution in [2.24, 2.45) is 5.92 Å². The van der Waals surface area contributed by atoms with Gasteiger partial charge in [0.25, 0.3) is 5.91 Å². The molecule has 0 aliphatic carbocycles. The number of hydrogen-bond acceptors (Lipinski definition) is 5. The smallest absolute Gasteiger partial charge is 0.273 e. The molecule has 1 fully saturated rings. The molecule has 2 atom stereocenters. The molecular weight excluding hydrogens is 334 g/mol. The Bertz CT molecular complexity index is 642. The number of aromatic nitrogens is 1. The molecule has 23 heavy (non-hydrogen) atoms. The van der Waals surface area contributed by atoms with Crippen molar-refractivity contribution in [3.8, 4) is 0 Å². The fourth-order valence-corrected chi connectivity index (χ4v) is 4.70. The molecule has 0 aromatic carbocycles. The van der Waals surface area contributed by atoms with Gasteiger partial charge in [-0.05, 0) is 25.2 Å². The molecule has 0 bridgehead atoms. The summed E-state index contributed by atoms with van der Waals surface area (Å²) in [4.78, 5) is 18.8. The number of nitrogens with one attached hydrogen (secondary N) is 1. The number of nitrogens with zero attached hydrogens (tertiary/aromatic N) is 2.